The minimum absolute atomic E-state index is 0.0822. The molecule has 0 aliphatic carbocycles. The molecule has 0 unspecified atom stereocenters. The van der Waals surface area contributed by atoms with Gasteiger partial charge in [0, 0.05) is 35.0 Å². The molecule has 1 aliphatic rings. The summed E-state index contributed by atoms with van der Waals surface area (Å²) in [6.07, 6.45) is 2.04. The van der Waals surface area contributed by atoms with Crippen molar-refractivity contribution in [1.82, 2.24) is 21.4 Å². The van der Waals surface area contributed by atoms with Crippen LogP contribution in [0.5, 0.6) is 0 Å². The number of carbonyl (C=O) groups is 3. The summed E-state index contributed by atoms with van der Waals surface area (Å²) in [7, 11) is 0. The van der Waals surface area contributed by atoms with E-state index in [1.165, 1.54) is 5.48 Å². The van der Waals surface area contributed by atoms with Crippen LogP contribution in [-0.4, -0.2) is 61.2 Å². The average Bonchev–Trinajstić information content (AvgIpc) is 2.90. The Morgan fingerprint density at radius 1 is 1.00 bits per heavy atom. The Kier molecular flexibility index (Phi) is 9.77. The molecule has 0 bridgehead atoms. The molecule has 35 heavy (non-hydrogen) atoms. The summed E-state index contributed by atoms with van der Waals surface area (Å²) in [6.45, 7) is 2.07. The quantitative estimate of drug-likeness (QED) is 0.159. The molecule has 10 heteroatoms. The topological polar surface area (TPSA) is 158 Å². The van der Waals surface area contributed by atoms with Crippen molar-refractivity contribution in [1.29, 1.82) is 0 Å². The molecule has 2 aromatic rings. The highest BCUT2D eigenvalue weighted by molar-refractivity contribution is 5.97. The highest BCUT2D eigenvalue weighted by Crippen LogP contribution is 2.10. The van der Waals surface area contributed by atoms with E-state index in [2.05, 4.69) is 33.1 Å². The molecule has 1 heterocycles. The van der Waals surface area contributed by atoms with E-state index in [9.17, 15) is 14.4 Å². The van der Waals surface area contributed by atoms with Gasteiger partial charge < -0.3 is 27.0 Å². The fraction of sp³-hybridized carbons (Fsp3) is 0.320. The van der Waals surface area contributed by atoms with Crippen LogP contribution in [0.4, 0.5) is 5.69 Å². The lowest BCUT2D eigenvalue weighted by atomic mass is 10.1. The largest absolute Gasteiger partial charge is 0.339 e. The van der Waals surface area contributed by atoms with Crippen LogP contribution in [0, 0.1) is 11.8 Å². The summed E-state index contributed by atoms with van der Waals surface area (Å²) < 4.78 is 0. The number of anilines is 1. The van der Waals surface area contributed by atoms with Gasteiger partial charge in [-0.1, -0.05) is 11.8 Å². The molecular formula is C25H30N6O4. The number of carbonyl (C=O) groups excluding carboxylic acids is 3. The Bertz CT molecular complexity index is 1070. The molecule has 0 aromatic heterocycles. The smallest absolute Gasteiger partial charge is 0.267 e. The minimum Gasteiger partial charge on any atom is -0.339 e. The number of amides is 3. The van der Waals surface area contributed by atoms with E-state index >= 15 is 0 Å². The van der Waals surface area contributed by atoms with Crippen LogP contribution >= 0.6 is 0 Å². The summed E-state index contributed by atoms with van der Waals surface area (Å²) in [5, 5.41) is 20.6. The van der Waals surface area contributed by atoms with E-state index in [0.717, 1.165) is 31.5 Å². The van der Waals surface area contributed by atoms with Gasteiger partial charge in [-0.15, -0.1) is 0 Å². The molecule has 1 atom stereocenters. The van der Waals surface area contributed by atoms with Gasteiger partial charge in [-0.05, 0) is 74.5 Å². The number of benzene rings is 2. The van der Waals surface area contributed by atoms with Crippen LogP contribution in [0.1, 0.15) is 34.3 Å². The predicted octanol–water partition coefficient (Wildman–Crippen LogP) is -0.0710. The molecule has 1 fully saturated rings. The fourth-order valence-electron chi connectivity index (χ4n) is 3.51. The van der Waals surface area contributed by atoms with Crippen molar-refractivity contribution in [3.63, 3.8) is 0 Å². The van der Waals surface area contributed by atoms with Gasteiger partial charge in [0.05, 0.1) is 6.54 Å². The number of piperidine rings is 1. The lowest BCUT2D eigenvalue weighted by Gasteiger charge is -2.23. The van der Waals surface area contributed by atoms with Gasteiger partial charge in [0.25, 0.3) is 11.8 Å². The Morgan fingerprint density at radius 3 is 2.17 bits per heavy atom. The van der Waals surface area contributed by atoms with Gasteiger partial charge in [0.1, 0.15) is 6.04 Å². The van der Waals surface area contributed by atoms with Crippen molar-refractivity contribution < 1.29 is 19.6 Å². The Labute approximate surface area is 204 Å². The monoisotopic (exact) mass is 478 g/mol. The number of hydrogen-bond donors (Lipinski definition) is 7. The molecular weight excluding hydrogens is 448 g/mol. The summed E-state index contributed by atoms with van der Waals surface area (Å²) in [5.41, 5.74) is 9.41. The molecule has 2 aromatic carbocycles. The lowest BCUT2D eigenvalue weighted by molar-refractivity contribution is -0.130. The molecule has 1 saturated heterocycles. The van der Waals surface area contributed by atoms with Crippen molar-refractivity contribution in [2.24, 2.45) is 5.73 Å². The zero-order valence-electron chi connectivity index (χ0n) is 19.3. The summed E-state index contributed by atoms with van der Waals surface area (Å²) in [5.74, 6) is 4.70. The standard InChI is InChI=1S/C25H30N6O4/c26-15-22(25(34)31-35)30-24(33)19-7-3-17(4-8-19)1-2-18-5-9-21(10-6-18)29-23(32)16-28-20-11-13-27-14-12-20/h3-10,20,22,27-28,35H,11-16,26H2,(H,29,32)(H,30,33)(H,31,34)/t22-/m0/s1. The first kappa shape index (κ1) is 25.9. The maximum Gasteiger partial charge on any atom is 0.267 e. The zero-order valence-corrected chi connectivity index (χ0v) is 19.3. The van der Waals surface area contributed by atoms with Crippen molar-refractivity contribution in [3.8, 4) is 11.8 Å². The molecule has 3 amide bonds. The number of hydroxylamine groups is 1. The first-order valence-electron chi connectivity index (χ1n) is 11.4. The lowest BCUT2D eigenvalue weighted by Crippen LogP contribution is -2.50. The van der Waals surface area contributed by atoms with Gasteiger partial charge >= 0.3 is 0 Å². The second-order valence-corrected chi connectivity index (χ2v) is 8.10. The van der Waals surface area contributed by atoms with E-state index in [1.54, 1.807) is 36.4 Å². The van der Waals surface area contributed by atoms with E-state index < -0.39 is 17.9 Å². The van der Waals surface area contributed by atoms with Gasteiger partial charge in [-0.2, -0.15) is 0 Å². The van der Waals surface area contributed by atoms with Gasteiger partial charge in [-0.3, -0.25) is 19.6 Å². The van der Waals surface area contributed by atoms with Crippen LogP contribution in [0.2, 0.25) is 0 Å². The van der Waals surface area contributed by atoms with Gasteiger partial charge in [-0.25, -0.2) is 5.48 Å². The molecule has 8 N–H and O–H groups in total. The van der Waals surface area contributed by atoms with Gasteiger partial charge in [0.15, 0.2) is 0 Å². The maximum atomic E-state index is 12.3. The summed E-state index contributed by atoms with van der Waals surface area (Å²) in [6, 6.07) is 13.1. The Morgan fingerprint density at radius 2 is 1.60 bits per heavy atom. The maximum absolute atomic E-state index is 12.3. The highest BCUT2D eigenvalue weighted by atomic mass is 16.5. The molecule has 0 spiro atoms. The number of hydrogen-bond acceptors (Lipinski definition) is 7. The van der Waals surface area contributed by atoms with Crippen LogP contribution in [0.15, 0.2) is 48.5 Å². The fourth-order valence-corrected chi connectivity index (χ4v) is 3.51. The second-order valence-electron chi connectivity index (χ2n) is 8.10. The van der Waals surface area contributed by atoms with Crippen molar-refractivity contribution in [3.05, 3.63) is 65.2 Å². The van der Waals surface area contributed by atoms with E-state index in [1.807, 2.05) is 12.1 Å². The number of nitrogens with two attached hydrogens (primary N) is 1. The predicted molar refractivity (Wildman–Crippen MR) is 132 cm³/mol. The molecule has 0 saturated carbocycles. The molecule has 1 aliphatic heterocycles. The van der Waals surface area contributed by atoms with Gasteiger partial charge in [0.2, 0.25) is 5.91 Å². The van der Waals surface area contributed by atoms with Crippen LogP contribution in [0.25, 0.3) is 0 Å². The first-order chi connectivity index (χ1) is 17.0. The number of nitrogens with one attached hydrogen (secondary N) is 5. The molecule has 0 radical (unpaired) electrons. The Balaban J connectivity index is 1.50. The normalized spacial score (nSPS) is 14.2. The van der Waals surface area contributed by atoms with Crippen LogP contribution in [0.3, 0.4) is 0 Å². The number of rotatable bonds is 8. The minimum atomic E-state index is -1.04. The van der Waals surface area contributed by atoms with Crippen molar-refractivity contribution in [2.45, 2.75) is 24.9 Å². The first-order valence-corrected chi connectivity index (χ1v) is 11.4. The molecule has 10 nitrogen and oxygen atoms in total. The summed E-state index contributed by atoms with van der Waals surface area (Å²) in [4.78, 5) is 35.9. The van der Waals surface area contributed by atoms with E-state index in [0.29, 0.717) is 22.9 Å². The zero-order chi connectivity index (χ0) is 25.0. The van der Waals surface area contributed by atoms with E-state index in [-0.39, 0.29) is 19.0 Å². The van der Waals surface area contributed by atoms with Crippen LogP contribution < -0.4 is 32.5 Å². The van der Waals surface area contributed by atoms with E-state index in [4.69, 9.17) is 10.9 Å². The molecule has 184 valence electrons. The average molecular weight is 479 g/mol. The third-order valence-electron chi connectivity index (χ3n) is 5.53. The Hall–Kier alpha value is -3.75. The van der Waals surface area contributed by atoms with Crippen molar-refractivity contribution in [2.75, 3.05) is 31.5 Å². The van der Waals surface area contributed by atoms with Crippen molar-refractivity contribution >= 4 is 23.4 Å². The summed E-state index contributed by atoms with van der Waals surface area (Å²) >= 11 is 0. The highest BCUT2D eigenvalue weighted by Gasteiger charge is 2.19. The SMILES string of the molecule is NC[C@H](NC(=O)c1ccc(C#Cc2ccc(NC(=O)CNC3CCNCC3)cc2)cc1)C(=O)NO. The third kappa shape index (κ3) is 8.20. The molecule has 3 rings (SSSR count). The second kappa shape index (κ2) is 13.2. The third-order valence-corrected chi connectivity index (χ3v) is 5.53. The van der Waals surface area contributed by atoms with Crippen LogP contribution in [-0.2, 0) is 9.59 Å².